The summed E-state index contributed by atoms with van der Waals surface area (Å²) in [6, 6.07) is 0. The Kier molecular flexibility index (Phi) is 3.10. The minimum absolute atomic E-state index is 0.425. The second kappa shape index (κ2) is 4.17. The normalized spacial score (nSPS) is 28.7. The molecule has 3 nitrogen and oxygen atoms in total. The van der Waals surface area contributed by atoms with Crippen molar-refractivity contribution in [3.63, 3.8) is 0 Å². The van der Waals surface area contributed by atoms with Gasteiger partial charge < -0.3 is 15.7 Å². The fraction of sp³-hybridized carbons (Fsp3) is 1.00. The van der Waals surface area contributed by atoms with Crippen molar-refractivity contribution < 1.29 is 5.11 Å². The first-order valence-electron chi connectivity index (χ1n) is 5.89. The molecule has 1 aliphatic heterocycles. The molecule has 14 heavy (non-hydrogen) atoms. The van der Waals surface area contributed by atoms with E-state index in [1.807, 2.05) is 0 Å². The van der Waals surface area contributed by atoms with Crippen molar-refractivity contribution in [2.24, 2.45) is 11.7 Å². The Morgan fingerprint density at radius 1 is 1.21 bits per heavy atom. The molecule has 0 aromatic carbocycles. The quantitative estimate of drug-likeness (QED) is 0.694. The number of nitrogens with zero attached hydrogens (tertiary/aromatic N) is 1. The van der Waals surface area contributed by atoms with Crippen LogP contribution in [0.4, 0.5) is 0 Å². The van der Waals surface area contributed by atoms with Gasteiger partial charge in [-0.3, -0.25) is 0 Å². The maximum absolute atomic E-state index is 10.3. The summed E-state index contributed by atoms with van der Waals surface area (Å²) in [6.45, 7) is 3.52. The van der Waals surface area contributed by atoms with Gasteiger partial charge in [-0.05, 0) is 44.7 Å². The van der Waals surface area contributed by atoms with Gasteiger partial charge in [0.25, 0.3) is 0 Å². The van der Waals surface area contributed by atoms with Crippen LogP contribution in [-0.2, 0) is 0 Å². The van der Waals surface area contributed by atoms with Crippen molar-refractivity contribution in [3.8, 4) is 0 Å². The zero-order valence-corrected chi connectivity index (χ0v) is 8.91. The Balaban J connectivity index is 1.86. The molecule has 3 N–H and O–H groups in total. The molecule has 2 fully saturated rings. The Morgan fingerprint density at radius 3 is 2.36 bits per heavy atom. The molecule has 82 valence electrons. The van der Waals surface area contributed by atoms with Crippen LogP contribution < -0.4 is 5.73 Å². The minimum atomic E-state index is -0.586. The van der Waals surface area contributed by atoms with Gasteiger partial charge in [0.15, 0.2) is 0 Å². The molecule has 0 aromatic heterocycles. The van der Waals surface area contributed by atoms with Gasteiger partial charge in [-0.15, -0.1) is 0 Å². The lowest BCUT2D eigenvalue weighted by molar-refractivity contribution is -0.0124. The first-order valence-corrected chi connectivity index (χ1v) is 5.89. The van der Waals surface area contributed by atoms with Crippen molar-refractivity contribution in [1.82, 2.24) is 4.90 Å². The summed E-state index contributed by atoms with van der Waals surface area (Å²) in [5.41, 5.74) is 5.10. The fourth-order valence-corrected chi connectivity index (χ4v) is 2.49. The molecule has 1 aliphatic carbocycles. The minimum Gasteiger partial charge on any atom is -0.387 e. The monoisotopic (exact) mass is 198 g/mol. The molecule has 0 bridgehead atoms. The maximum atomic E-state index is 10.3. The number of β-amino-alcohol motifs (C(OH)–C–C–N with tert-alkyl or cyclic N) is 1. The van der Waals surface area contributed by atoms with Crippen LogP contribution in [0.15, 0.2) is 0 Å². The molecule has 3 heteroatoms. The molecule has 1 unspecified atom stereocenters. The van der Waals surface area contributed by atoms with Crippen LogP contribution in [0.2, 0.25) is 0 Å². The van der Waals surface area contributed by atoms with Gasteiger partial charge in [-0.2, -0.15) is 0 Å². The smallest absolute Gasteiger partial charge is 0.0923 e. The van der Waals surface area contributed by atoms with E-state index in [0.29, 0.717) is 12.5 Å². The molecule has 2 rings (SSSR count). The summed E-state index contributed by atoms with van der Waals surface area (Å²) in [4.78, 5) is 2.38. The van der Waals surface area contributed by atoms with Crippen LogP contribution in [-0.4, -0.2) is 41.8 Å². The zero-order valence-electron chi connectivity index (χ0n) is 8.91. The van der Waals surface area contributed by atoms with Crippen LogP contribution >= 0.6 is 0 Å². The first-order chi connectivity index (χ1) is 6.74. The zero-order chi connectivity index (χ0) is 10.0. The molecular weight excluding hydrogens is 176 g/mol. The Bertz CT molecular complexity index is 188. The molecule has 1 saturated carbocycles. The third kappa shape index (κ3) is 2.27. The fourth-order valence-electron chi connectivity index (χ4n) is 2.49. The van der Waals surface area contributed by atoms with Gasteiger partial charge >= 0.3 is 0 Å². The predicted octanol–water partition coefficient (Wildman–Crippen LogP) is 0.572. The Labute approximate surface area is 86.3 Å². The summed E-state index contributed by atoms with van der Waals surface area (Å²) in [6.07, 6.45) is 6.25. The molecule has 0 aromatic rings. The van der Waals surface area contributed by atoms with Crippen molar-refractivity contribution in [3.05, 3.63) is 0 Å². The average molecular weight is 198 g/mol. The van der Waals surface area contributed by atoms with Gasteiger partial charge in [-0.25, -0.2) is 0 Å². The number of aliphatic hydroxyl groups is 1. The predicted molar refractivity (Wildman–Crippen MR) is 57.0 cm³/mol. The lowest BCUT2D eigenvalue weighted by Gasteiger charge is -2.35. The summed E-state index contributed by atoms with van der Waals surface area (Å²) in [5.74, 6) is 0.481. The first kappa shape index (κ1) is 10.4. The second-order valence-electron chi connectivity index (χ2n) is 4.92. The van der Waals surface area contributed by atoms with E-state index in [2.05, 4.69) is 4.90 Å². The molecule has 0 spiro atoms. The summed E-state index contributed by atoms with van der Waals surface area (Å²) in [7, 11) is 0. The van der Waals surface area contributed by atoms with E-state index >= 15 is 0 Å². The highest BCUT2D eigenvalue weighted by atomic mass is 16.3. The number of piperidine rings is 1. The number of hydrogen-bond acceptors (Lipinski definition) is 3. The largest absolute Gasteiger partial charge is 0.387 e. The van der Waals surface area contributed by atoms with Crippen LogP contribution in [0.5, 0.6) is 0 Å². The third-order valence-electron chi connectivity index (χ3n) is 3.64. The summed E-state index contributed by atoms with van der Waals surface area (Å²) in [5, 5.41) is 10.3. The van der Waals surface area contributed by atoms with E-state index < -0.39 is 5.60 Å². The van der Waals surface area contributed by atoms with Gasteiger partial charge in [0.1, 0.15) is 0 Å². The number of likely N-dealkylation sites (tertiary alicyclic amines) is 1. The topological polar surface area (TPSA) is 49.5 Å². The lowest BCUT2D eigenvalue weighted by Crippen LogP contribution is -2.51. The van der Waals surface area contributed by atoms with Gasteiger partial charge in [0.05, 0.1) is 5.60 Å². The molecule has 0 amide bonds. The summed E-state index contributed by atoms with van der Waals surface area (Å²) >= 11 is 0. The van der Waals surface area contributed by atoms with Gasteiger partial charge in [-0.1, -0.05) is 6.42 Å². The lowest BCUT2D eigenvalue weighted by atomic mass is 9.96. The third-order valence-corrected chi connectivity index (χ3v) is 3.64. The van der Waals surface area contributed by atoms with E-state index in [1.54, 1.807) is 0 Å². The van der Waals surface area contributed by atoms with E-state index in [9.17, 15) is 5.11 Å². The Morgan fingerprint density at radius 2 is 1.86 bits per heavy atom. The van der Waals surface area contributed by atoms with Crippen LogP contribution in [0, 0.1) is 5.92 Å². The van der Waals surface area contributed by atoms with Crippen molar-refractivity contribution in [2.75, 3.05) is 26.2 Å². The highest BCUT2D eigenvalue weighted by Crippen LogP contribution is 2.39. The van der Waals surface area contributed by atoms with Gasteiger partial charge in [0.2, 0.25) is 0 Å². The van der Waals surface area contributed by atoms with Crippen LogP contribution in [0.1, 0.15) is 32.1 Å². The Hall–Kier alpha value is -0.120. The number of nitrogens with two attached hydrogens (primary N) is 1. The SMILES string of the molecule is NCC(O)(CN1CCCCC1)C1CC1. The van der Waals surface area contributed by atoms with E-state index in [-0.39, 0.29) is 0 Å². The highest BCUT2D eigenvalue weighted by Gasteiger charge is 2.43. The molecule has 0 radical (unpaired) electrons. The number of rotatable bonds is 4. The average Bonchev–Trinajstić information content (AvgIpc) is 3.03. The maximum Gasteiger partial charge on any atom is 0.0923 e. The van der Waals surface area contributed by atoms with E-state index in [0.717, 1.165) is 19.6 Å². The molecule has 1 atom stereocenters. The van der Waals surface area contributed by atoms with E-state index in [4.69, 9.17) is 5.73 Å². The van der Waals surface area contributed by atoms with Gasteiger partial charge in [0, 0.05) is 13.1 Å². The second-order valence-corrected chi connectivity index (χ2v) is 4.92. The standard InChI is InChI=1S/C11H22N2O/c12-8-11(14,10-4-5-10)9-13-6-2-1-3-7-13/h10,14H,1-9,12H2. The summed E-state index contributed by atoms with van der Waals surface area (Å²) < 4.78 is 0. The van der Waals surface area contributed by atoms with Crippen molar-refractivity contribution in [2.45, 2.75) is 37.7 Å². The molecule has 1 heterocycles. The highest BCUT2D eigenvalue weighted by molar-refractivity contribution is 4.97. The van der Waals surface area contributed by atoms with E-state index in [1.165, 1.54) is 32.1 Å². The van der Waals surface area contributed by atoms with Crippen LogP contribution in [0.25, 0.3) is 0 Å². The number of hydrogen-bond donors (Lipinski definition) is 2. The van der Waals surface area contributed by atoms with Crippen LogP contribution in [0.3, 0.4) is 0 Å². The molecular formula is C11H22N2O. The molecule has 1 saturated heterocycles. The molecule has 2 aliphatic rings. The van der Waals surface area contributed by atoms with Crippen molar-refractivity contribution in [1.29, 1.82) is 0 Å². The van der Waals surface area contributed by atoms with Crippen molar-refractivity contribution >= 4 is 0 Å².